The summed E-state index contributed by atoms with van der Waals surface area (Å²) in [6, 6.07) is 3.71. The van der Waals surface area contributed by atoms with Crippen LogP contribution in [0.4, 0.5) is 11.5 Å². The van der Waals surface area contributed by atoms with Crippen LogP contribution in [0.3, 0.4) is 0 Å². The van der Waals surface area contributed by atoms with Crippen molar-refractivity contribution in [1.29, 1.82) is 0 Å². The third kappa shape index (κ3) is 2.55. The van der Waals surface area contributed by atoms with Gasteiger partial charge in [0.1, 0.15) is 11.9 Å². The fourth-order valence-corrected chi connectivity index (χ4v) is 1.85. The van der Waals surface area contributed by atoms with Gasteiger partial charge < -0.3 is 15.0 Å². The van der Waals surface area contributed by atoms with E-state index >= 15 is 0 Å². The Morgan fingerprint density at radius 3 is 2.94 bits per heavy atom. The first-order valence-electron chi connectivity index (χ1n) is 5.75. The van der Waals surface area contributed by atoms with E-state index in [0.29, 0.717) is 6.61 Å². The highest BCUT2D eigenvalue weighted by Gasteiger charge is 2.27. The molecule has 1 unspecified atom stereocenters. The molecule has 0 aromatic carbocycles. The number of hydrogen-bond donors (Lipinski definition) is 1. The van der Waals surface area contributed by atoms with E-state index in [9.17, 15) is 4.79 Å². The van der Waals surface area contributed by atoms with Crippen LogP contribution in [0.15, 0.2) is 18.3 Å². The molecule has 0 bridgehead atoms. The summed E-state index contributed by atoms with van der Waals surface area (Å²) >= 11 is 0. The SMILES string of the molecule is CNc1ccc(N(C)C(=O)C2CCCO2)cn1. The number of nitrogens with one attached hydrogen (secondary N) is 1. The number of aromatic nitrogens is 1. The summed E-state index contributed by atoms with van der Waals surface area (Å²) in [6.45, 7) is 0.682. The monoisotopic (exact) mass is 235 g/mol. The van der Waals surface area contributed by atoms with Crippen LogP contribution < -0.4 is 10.2 Å². The first-order chi connectivity index (χ1) is 8.22. The Kier molecular flexibility index (Phi) is 3.58. The molecule has 5 heteroatoms. The van der Waals surface area contributed by atoms with Crippen molar-refractivity contribution in [3.8, 4) is 0 Å². The predicted octanol–water partition coefficient (Wildman–Crippen LogP) is 1.27. The highest BCUT2D eigenvalue weighted by molar-refractivity contribution is 5.96. The van der Waals surface area contributed by atoms with Gasteiger partial charge >= 0.3 is 0 Å². The summed E-state index contributed by atoms with van der Waals surface area (Å²) in [6.07, 6.45) is 3.16. The van der Waals surface area contributed by atoms with Gasteiger partial charge in [-0.25, -0.2) is 4.98 Å². The first-order valence-corrected chi connectivity index (χ1v) is 5.75. The molecule has 1 N–H and O–H groups in total. The maximum Gasteiger partial charge on any atom is 0.255 e. The van der Waals surface area contributed by atoms with Crippen LogP contribution in [-0.2, 0) is 9.53 Å². The van der Waals surface area contributed by atoms with Crippen molar-refractivity contribution in [2.24, 2.45) is 0 Å². The molecule has 17 heavy (non-hydrogen) atoms. The first kappa shape index (κ1) is 11.9. The minimum absolute atomic E-state index is 0.00140. The lowest BCUT2D eigenvalue weighted by Crippen LogP contribution is -2.36. The lowest BCUT2D eigenvalue weighted by Gasteiger charge is -2.20. The zero-order chi connectivity index (χ0) is 12.3. The van der Waals surface area contributed by atoms with Gasteiger partial charge in [0.15, 0.2) is 0 Å². The number of nitrogens with zero attached hydrogens (tertiary/aromatic N) is 2. The largest absolute Gasteiger partial charge is 0.373 e. The quantitative estimate of drug-likeness (QED) is 0.857. The minimum Gasteiger partial charge on any atom is -0.373 e. The third-order valence-electron chi connectivity index (χ3n) is 2.93. The summed E-state index contributed by atoms with van der Waals surface area (Å²) < 4.78 is 5.38. The molecular weight excluding hydrogens is 218 g/mol. The maximum atomic E-state index is 12.1. The van der Waals surface area contributed by atoms with E-state index in [0.717, 1.165) is 24.3 Å². The molecule has 0 saturated carbocycles. The smallest absolute Gasteiger partial charge is 0.255 e. The van der Waals surface area contributed by atoms with E-state index < -0.39 is 0 Å². The zero-order valence-electron chi connectivity index (χ0n) is 10.1. The number of ether oxygens (including phenoxy) is 1. The minimum atomic E-state index is -0.288. The Hall–Kier alpha value is -1.62. The van der Waals surface area contributed by atoms with E-state index in [1.54, 1.807) is 18.1 Å². The lowest BCUT2D eigenvalue weighted by atomic mass is 10.2. The number of hydrogen-bond acceptors (Lipinski definition) is 4. The molecule has 1 amide bonds. The summed E-state index contributed by atoms with van der Waals surface area (Å²) in [7, 11) is 3.56. The van der Waals surface area contributed by atoms with Crippen molar-refractivity contribution in [2.75, 3.05) is 30.9 Å². The van der Waals surface area contributed by atoms with Gasteiger partial charge in [0.05, 0.1) is 11.9 Å². The van der Waals surface area contributed by atoms with Crippen molar-refractivity contribution >= 4 is 17.4 Å². The average Bonchev–Trinajstić information content (AvgIpc) is 2.91. The molecule has 2 rings (SSSR count). The molecule has 1 aromatic rings. The van der Waals surface area contributed by atoms with E-state index in [1.165, 1.54) is 0 Å². The van der Waals surface area contributed by atoms with Gasteiger partial charge in [-0.2, -0.15) is 0 Å². The molecule has 1 aliphatic heterocycles. The molecule has 0 spiro atoms. The van der Waals surface area contributed by atoms with Gasteiger partial charge in [0, 0.05) is 20.7 Å². The fourth-order valence-electron chi connectivity index (χ4n) is 1.85. The number of amides is 1. The Bertz CT molecular complexity index is 385. The van der Waals surface area contributed by atoms with Crippen LogP contribution in [0, 0.1) is 0 Å². The lowest BCUT2D eigenvalue weighted by molar-refractivity contribution is -0.127. The number of pyridine rings is 1. The van der Waals surface area contributed by atoms with Crippen molar-refractivity contribution in [2.45, 2.75) is 18.9 Å². The van der Waals surface area contributed by atoms with Crippen LogP contribution in [0.2, 0.25) is 0 Å². The number of anilines is 2. The summed E-state index contributed by atoms with van der Waals surface area (Å²) in [5, 5.41) is 2.94. The molecule has 1 atom stereocenters. The van der Waals surface area contributed by atoms with Crippen molar-refractivity contribution in [3.05, 3.63) is 18.3 Å². The van der Waals surface area contributed by atoms with Crippen LogP contribution in [0.5, 0.6) is 0 Å². The molecule has 0 aliphatic carbocycles. The molecule has 92 valence electrons. The predicted molar refractivity (Wildman–Crippen MR) is 66.2 cm³/mol. The molecule has 0 radical (unpaired) electrons. The molecule has 5 nitrogen and oxygen atoms in total. The fraction of sp³-hybridized carbons (Fsp3) is 0.500. The zero-order valence-corrected chi connectivity index (χ0v) is 10.1. The van der Waals surface area contributed by atoms with Gasteiger partial charge in [0.25, 0.3) is 5.91 Å². The molecule has 1 saturated heterocycles. The van der Waals surface area contributed by atoms with Gasteiger partial charge in [-0.1, -0.05) is 0 Å². The Morgan fingerprint density at radius 1 is 1.59 bits per heavy atom. The molecule has 2 heterocycles. The van der Waals surface area contributed by atoms with Gasteiger partial charge in [-0.15, -0.1) is 0 Å². The molecule has 1 fully saturated rings. The second kappa shape index (κ2) is 5.14. The average molecular weight is 235 g/mol. The van der Waals surface area contributed by atoms with Crippen molar-refractivity contribution in [3.63, 3.8) is 0 Å². The summed E-state index contributed by atoms with van der Waals surface area (Å²) in [5.41, 5.74) is 0.782. The molecule has 1 aliphatic rings. The molecule has 1 aromatic heterocycles. The molecular formula is C12H17N3O2. The number of rotatable bonds is 3. The van der Waals surface area contributed by atoms with E-state index in [4.69, 9.17) is 4.74 Å². The topological polar surface area (TPSA) is 54.5 Å². The maximum absolute atomic E-state index is 12.1. The van der Waals surface area contributed by atoms with Gasteiger partial charge in [0.2, 0.25) is 0 Å². The standard InChI is InChI=1S/C12H17N3O2/c1-13-11-6-5-9(8-14-11)15(2)12(16)10-4-3-7-17-10/h5-6,8,10H,3-4,7H2,1-2H3,(H,13,14). The van der Waals surface area contributed by atoms with E-state index in [-0.39, 0.29) is 12.0 Å². The van der Waals surface area contributed by atoms with Gasteiger partial charge in [-0.3, -0.25) is 4.79 Å². The highest BCUT2D eigenvalue weighted by atomic mass is 16.5. The van der Waals surface area contributed by atoms with Crippen LogP contribution in [0.1, 0.15) is 12.8 Å². The van der Waals surface area contributed by atoms with Crippen molar-refractivity contribution in [1.82, 2.24) is 4.98 Å². The van der Waals surface area contributed by atoms with Crippen molar-refractivity contribution < 1.29 is 9.53 Å². The highest BCUT2D eigenvalue weighted by Crippen LogP contribution is 2.19. The van der Waals surface area contributed by atoms with Crippen LogP contribution in [0.25, 0.3) is 0 Å². The Balaban J connectivity index is 2.07. The normalized spacial score (nSPS) is 19.1. The Labute approximate surface area is 101 Å². The number of carbonyl (C=O) groups excluding carboxylic acids is 1. The second-order valence-electron chi connectivity index (χ2n) is 4.05. The summed E-state index contributed by atoms with van der Waals surface area (Å²) in [4.78, 5) is 17.8. The number of carbonyl (C=O) groups is 1. The van der Waals surface area contributed by atoms with Gasteiger partial charge in [-0.05, 0) is 25.0 Å². The van der Waals surface area contributed by atoms with E-state index in [2.05, 4.69) is 10.3 Å². The third-order valence-corrected chi connectivity index (χ3v) is 2.93. The summed E-state index contributed by atoms with van der Waals surface area (Å²) in [5.74, 6) is 0.785. The van der Waals surface area contributed by atoms with E-state index in [1.807, 2.05) is 19.2 Å². The van der Waals surface area contributed by atoms with Crippen LogP contribution >= 0.6 is 0 Å². The number of likely N-dealkylation sites (N-methyl/N-ethyl adjacent to an activating group) is 1. The second-order valence-corrected chi connectivity index (χ2v) is 4.05. The van der Waals surface area contributed by atoms with Crippen LogP contribution in [-0.4, -0.2) is 37.7 Å². The Morgan fingerprint density at radius 2 is 2.41 bits per heavy atom.